The topological polar surface area (TPSA) is 336 Å². The number of phenols is 2. The maximum Gasteiger partial charge on any atom is 0.410 e. The van der Waals surface area contributed by atoms with E-state index in [0.717, 1.165) is 24.1 Å². The Morgan fingerprint density at radius 2 is 0.845 bits per heavy atom. The number of aromatic amines is 1. The summed E-state index contributed by atoms with van der Waals surface area (Å²) in [5.41, 5.74) is 4.81. The minimum Gasteiger partial charge on any atom is -0.504 e. The Hall–Kier alpha value is -8.16. The molecule has 7 heterocycles. The van der Waals surface area contributed by atoms with Gasteiger partial charge in [0.1, 0.15) is 5.60 Å². The predicted molar refractivity (Wildman–Crippen MR) is 389 cm³/mol. The summed E-state index contributed by atoms with van der Waals surface area (Å²) in [4.78, 5) is 104. The van der Waals surface area contributed by atoms with E-state index in [9.17, 15) is 53.7 Å². The summed E-state index contributed by atoms with van der Waals surface area (Å²) in [5, 5.41) is 30.9. The number of aromatic nitrogens is 1. The van der Waals surface area contributed by atoms with Crippen LogP contribution in [0.5, 0.6) is 46.0 Å². The lowest BCUT2D eigenvalue weighted by Gasteiger charge is -2.39. The number of piperidine rings is 3. The molecule has 1 aromatic heterocycles. The molecule has 4 amide bonds. The molecule has 3 fully saturated rings. The van der Waals surface area contributed by atoms with Crippen LogP contribution in [0, 0.1) is 59.3 Å². The van der Waals surface area contributed by atoms with Gasteiger partial charge >= 0.3 is 36.2 Å². The normalized spacial score (nSPS) is 19.7. The SMILES string of the molecule is COC(=O)N1CCC([C@@]2(C)Oc3c(Br)cc(C(=O)O)c(C)c3O2)CC1.COC(=O)c1cc(Br)c(O)c(O)c1C.COC(=O)c1cc(Br)c2c(c1C)O[C@@](C)(C1CCN(C(=O)OC)CC1)O2.Cc1cc(C)c(CNC(=O)c2cc(Br)c3c(c2C)O[C@@](C)(C2CCN(C(=O)OC(C)(C)C)CC2)O3)c(=O)[nH]1. The molecule has 5 N–H and O–H groups in total. The lowest BCUT2D eigenvalue weighted by molar-refractivity contribution is -0.124. The maximum atomic E-state index is 13.2. The van der Waals surface area contributed by atoms with Gasteiger partial charge in [0.15, 0.2) is 46.0 Å². The van der Waals surface area contributed by atoms with Crippen LogP contribution in [0.3, 0.4) is 0 Å². The zero-order valence-corrected chi connectivity index (χ0v) is 66.6. The van der Waals surface area contributed by atoms with Crippen LogP contribution in [-0.2, 0) is 30.2 Å². The van der Waals surface area contributed by atoms with Gasteiger partial charge in [-0.05, 0) is 200 Å². The third kappa shape index (κ3) is 17.6. The number of ether oxygens (including phenoxy) is 11. The lowest BCUT2D eigenvalue weighted by atomic mass is 9.89. The monoisotopic (exact) mass is 1690 g/mol. The smallest absolute Gasteiger partial charge is 0.410 e. The molecule has 6 aliphatic rings. The number of esters is 2. The van der Waals surface area contributed by atoms with Gasteiger partial charge in [-0.2, -0.15) is 0 Å². The second kappa shape index (κ2) is 32.5. The Kier molecular flexibility index (Phi) is 25.4. The van der Waals surface area contributed by atoms with Crippen molar-refractivity contribution in [2.45, 2.75) is 151 Å². The quantitative estimate of drug-likeness (QED) is 0.0520. The molecule has 11 rings (SSSR count). The molecule has 0 unspecified atom stereocenters. The number of carboxylic acid groups (broad SMARTS) is 1. The van der Waals surface area contributed by atoms with Gasteiger partial charge < -0.3 is 92.4 Å². The van der Waals surface area contributed by atoms with Crippen LogP contribution in [0.15, 0.2) is 53.0 Å². The molecule has 27 nitrogen and oxygen atoms in total. The number of likely N-dealkylation sites (tertiary alicyclic amines) is 3. The van der Waals surface area contributed by atoms with Crippen molar-refractivity contribution in [2.75, 3.05) is 67.7 Å². The summed E-state index contributed by atoms with van der Waals surface area (Å²) >= 11 is 13.4. The molecule has 0 spiro atoms. The summed E-state index contributed by atoms with van der Waals surface area (Å²) in [6.45, 7) is 25.3. The van der Waals surface area contributed by atoms with E-state index in [1.807, 2.05) is 75.3 Å². The first-order valence-corrected chi connectivity index (χ1v) is 36.3. The van der Waals surface area contributed by atoms with Crippen molar-refractivity contribution in [3.8, 4) is 46.0 Å². The Balaban J connectivity index is 0.000000183. The van der Waals surface area contributed by atoms with E-state index < -0.39 is 40.9 Å². The van der Waals surface area contributed by atoms with Crippen molar-refractivity contribution in [1.82, 2.24) is 25.0 Å². The molecule has 560 valence electrons. The van der Waals surface area contributed by atoms with Crippen molar-refractivity contribution in [1.29, 1.82) is 0 Å². The van der Waals surface area contributed by atoms with Gasteiger partial charge in [-0.3, -0.25) is 9.59 Å². The van der Waals surface area contributed by atoms with Crippen LogP contribution in [-0.4, -0.2) is 168 Å². The van der Waals surface area contributed by atoms with Gasteiger partial charge in [0.05, 0.1) is 63.0 Å². The number of aromatic carboxylic acids is 1. The molecule has 31 heteroatoms. The highest BCUT2D eigenvalue weighted by Crippen LogP contribution is 2.54. The summed E-state index contributed by atoms with van der Waals surface area (Å²) in [7, 11) is 5.35. The fraction of sp³-hybridized carbons (Fsp3) is 0.500. The third-order valence-electron chi connectivity index (χ3n) is 19.1. The average molecular weight is 1690 g/mol. The molecule has 5 aromatic rings. The number of amides is 4. The van der Waals surface area contributed by atoms with Gasteiger partial charge in [0, 0.05) is 123 Å². The van der Waals surface area contributed by atoms with Crippen LogP contribution in [0.1, 0.15) is 161 Å². The van der Waals surface area contributed by atoms with Crippen LogP contribution in [0.25, 0.3) is 0 Å². The number of H-pyrrole nitrogens is 1. The number of carboxylic acids is 1. The molecule has 103 heavy (non-hydrogen) atoms. The molecule has 3 atom stereocenters. The number of hydrogen-bond donors (Lipinski definition) is 5. The summed E-state index contributed by atoms with van der Waals surface area (Å²) < 4.78 is 63.8. The zero-order chi connectivity index (χ0) is 76.3. The number of rotatable bonds is 9. The molecule has 0 bridgehead atoms. The molecule has 6 aliphatic heterocycles. The van der Waals surface area contributed by atoms with Crippen LogP contribution < -0.4 is 39.3 Å². The van der Waals surface area contributed by atoms with E-state index in [1.165, 1.54) is 47.5 Å². The van der Waals surface area contributed by atoms with E-state index in [0.29, 0.717) is 146 Å². The Labute approximate surface area is 630 Å². The molecule has 4 aromatic carbocycles. The second-order valence-corrected chi connectivity index (χ2v) is 30.5. The number of methoxy groups -OCH3 is 4. The van der Waals surface area contributed by atoms with Crippen LogP contribution in [0.2, 0.25) is 0 Å². The number of aryl methyl sites for hydroxylation is 2. The number of nitrogens with one attached hydrogen (secondary N) is 2. The highest BCUT2D eigenvalue weighted by Gasteiger charge is 2.51. The van der Waals surface area contributed by atoms with Gasteiger partial charge in [-0.15, -0.1) is 0 Å². The van der Waals surface area contributed by atoms with E-state index in [-0.39, 0.29) is 86.7 Å². The van der Waals surface area contributed by atoms with E-state index in [4.69, 9.17) is 47.4 Å². The number of halogens is 4. The highest BCUT2D eigenvalue weighted by molar-refractivity contribution is 9.11. The Bertz CT molecular complexity index is 4200. The van der Waals surface area contributed by atoms with Crippen molar-refractivity contribution in [3.05, 3.63) is 120 Å². The predicted octanol–water partition coefficient (Wildman–Crippen LogP) is 14.0. The van der Waals surface area contributed by atoms with Gasteiger partial charge in [0.25, 0.3) is 28.8 Å². The maximum absolute atomic E-state index is 13.2. The number of benzene rings is 4. The summed E-state index contributed by atoms with van der Waals surface area (Å²) in [5.74, 6) is -2.17. The number of aromatic hydroxyl groups is 2. The second-order valence-electron chi connectivity index (χ2n) is 27.1. The summed E-state index contributed by atoms with van der Waals surface area (Å²) in [6.07, 6.45) is 3.33. The van der Waals surface area contributed by atoms with Crippen molar-refractivity contribution >= 4 is 106 Å². The average Bonchev–Trinajstić information content (AvgIpc) is 1.61. The first-order chi connectivity index (χ1) is 48.2. The minimum absolute atomic E-state index is 0.0356. The standard InChI is InChI=1S/C28H36BrN3O6.C18H22BrNO6.C17H20BrNO6.C9H9BrO4/c1-15-12-16(2)31-25(34)20(15)14-30-24(33)19-13-21(29)23-22(17(19)3)36-28(7,37-23)18-8-10-32(11-9-18)26(35)38-27(4,5)6;1-10-12(16(21)23-3)9-13(19)15-14(10)25-18(2,26-15)11-5-7-20(8-6-11)17(22)24-4;1-9-11(15(20)21)8-12(18)14-13(9)24-17(2,25-14)10-4-6-19(7-5-10)16(22)23-3;1-4-5(9(13)14-2)3-6(10)8(12)7(4)11/h12-13,18H,8-11,14H2,1-7H3,(H,30,33)(H,31,34);9,11H,5-8H2,1-4H3;8,10H,4-7H2,1-3H3,(H,20,21);3,11-12H,1-2H3/t28-;18-;17-;/m111./s1. The lowest BCUT2D eigenvalue weighted by Crippen LogP contribution is -2.50. The highest BCUT2D eigenvalue weighted by atomic mass is 79.9. The molecule has 0 saturated carbocycles. The van der Waals surface area contributed by atoms with Gasteiger partial charge in [-0.1, -0.05) is 0 Å². The largest absolute Gasteiger partial charge is 0.504 e. The number of pyridine rings is 1. The fourth-order valence-electron chi connectivity index (χ4n) is 13.1. The number of nitrogens with zero attached hydrogens (tertiary/aromatic N) is 3. The zero-order valence-electron chi connectivity index (χ0n) is 60.3. The number of carbonyl (C=O) groups is 7. The molecule has 3 saturated heterocycles. The molecular formula is C72H87Br4N5O22. The third-order valence-corrected chi connectivity index (χ3v) is 21.4. The number of fused-ring (bicyclic) bond motifs is 3. The van der Waals surface area contributed by atoms with Crippen molar-refractivity contribution in [3.63, 3.8) is 0 Å². The van der Waals surface area contributed by atoms with E-state index in [1.54, 1.807) is 33.8 Å². The molecule has 0 radical (unpaired) electrons. The van der Waals surface area contributed by atoms with Crippen LogP contribution in [0.4, 0.5) is 14.4 Å². The first-order valence-electron chi connectivity index (χ1n) is 33.1. The molecule has 0 aliphatic carbocycles. The minimum atomic E-state index is -1.01. The first kappa shape index (κ1) is 80.5. The Morgan fingerprint density at radius 3 is 1.21 bits per heavy atom. The number of phenolic OH excluding ortho intramolecular Hbond substituents is 2. The van der Waals surface area contributed by atoms with E-state index in [2.05, 4.69) is 78.8 Å². The summed E-state index contributed by atoms with van der Waals surface area (Å²) in [6, 6.07) is 8.22. The molecular weight excluding hydrogens is 1610 g/mol. The Morgan fingerprint density at radius 1 is 0.505 bits per heavy atom. The van der Waals surface area contributed by atoms with Crippen molar-refractivity contribution in [2.24, 2.45) is 17.8 Å². The number of hydrogen-bond acceptors (Lipinski definition) is 21. The van der Waals surface area contributed by atoms with Gasteiger partial charge in [0.2, 0.25) is 0 Å². The van der Waals surface area contributed by atoms with Crippen LogP contribution >= 0.6 is 63.7 Å². The number of carbonyl (C=O) groups excluding carboxylic acids is 6. The van der Waals surface area contributed by atoms with E-state index >= 15 is 0 Å². The fourth-order valence-corrected chi connectivity index (χ4v) is 15.0. The van der Waals surface area contributed by atoms with Gasteiger partial charge in [-0.25, -0.2) is 28.8 Å². The van der Waals surface area contributed by atoms with Crippen molar-refractivity contribution < 1.29 is 101 Å².